The average molecular weight is 192 g/mol. The van der Waals surface area contributed by atoms with Crippen LogP contribution < -0.4 is 0 Å². The monoisotopic (exact) mass is 192 g/mol. The van der Waals surface area contributed by atoms with Crippen LogP contribution in [0, 0.1) is 0 Å². The number of carboxylic acids is 1. The molecule has 1 aromatic rings. The zero-order chi connectivity index (χ0) is 10.7. The minimum absolute atomic E-state index is 0.00509. The first kappa shape index (κ1) is 10.3. The van der Waals surface area contributed by atoms with Gasteiger partial charge in [0.25, 0.3) is 0 Å². The predicted octanol–water partition coefficient (Wildman–Crippen LogP) is 2.22. The summed E-state index contributed by atoms with van der Waals surface area (Å²) in [6.07, 6.45) is 1.61. The van der Waals surface area contributed by atoms with E-state index in [9.17, 15) is 9.90 Å². The summed E-state index contributed by atoms with van der Waals surface area (Å²) in [6.45, 7) is 5.11. The van der Waals surface area contributed by atoms with Crippen molar-refractivity contribution < 1.29 is 15.0 Å². The van der Waals surface area contributed by atoms with Gasteiger partial charge >= 0.3 is 5.97 Å². The SMILES string of the molecule is C=Cc1ccc(O)c(C(C)C(=O)O)c1. The second kappa shape index (κ2) is 3.96. The van der Waals surface area contributed by atoms with E-state index in [1.165, 1.54) is 13.0 Å². The normalized spacial score (nSPS) is 12.1. The van der Waals surface area contributed by atoms with Gasteiger partial charge in [-0.05, 0) is 24.6 Å². The number of carbonyl (C=O) groups is 1. The van der Waals surface area contributed by atoms with Crippen molar-refractivity contribution in [2.75, 3.05) is 0 Å². The molecule has 3 nitrogen and oxygen atoms in total. The number of carboxylic acid groups (broad SMARTS) is 1. The summed E-state index contributed by atoms with van der Waals surface area (Å²) in [5.41, 5.74) is 1.21. The van der Waals surface area contributed by atoms with Crippen LogP contribution in [0.4, 0.5) is 0 Å². The van der Waals surface area contributed by atoms with E-state index in [2.05, 4.69) is 6.58 Å². The summed E-state index contributed by atoms with van der Waals surface area (Å²) in [4.78, 5) is 10.7. The Balaban J connectivity index is 3.18. The summed E-state index contributed by atoms with van der Waals surface area (Å²) < 4.78 is 0. The van der Waals surface area contributed by atoms with Crippen LogP contribution in [0.3, 0.4) is 0 Å². The van der Waals surface area contributed by atoms with E-state index >= 15 is 0 Å². The van der Waals surface area contributed by atoms with E-state index in [1.54, 1.807) is 18.2 Å². The quantitative estimate of drug-likeness (QED) is 0.772. The maximum Gasteiger partial charge on any atom is 0.310 e. The van der Waals surface area contributed by atoms with Crippen LogP contribution in [-0.4, -0.2) is 16.2 Å². The molecule has 0 bridgehead atoms. The van der Waals surface area contributed by atoms with Crippen molar-refractivity contribution in [2.45, 2.75) is 12.8 Å². The molecule has 1 atom stereocenters. The number of phenols is 1. The highest BCUT2D eigenvalue weighted by Gasteiger charge is 2.17. The van der Waals surface area contributed by atoms with Crippen molar-refractivity contribution in [3.05, 3.63) is 35.9 Å². The Morgan fingerprint density at radius 2 is 2.21 bits per heavy atom. The minimum Gasteiger partial charge on any atom is -0.508 e. The molecule has 2 N–H and O–H groups in total. The molecule has 0 aromatic heterocycles. The number of phenolic OH excluding ortho intramolecular Hbond substituents is 1. The van der Waals surface area contributed by atoms with E-state index in [0.29, 0.717) is 5.56 Å². The molecule has 0 fully saturated rings. The van der Waals surface area contributed by atoms with E-state index in [1.807, 2.05) is 0 Å². The molecular weight excluding hydrogens is 180 g/mol. The molecule has 0 saturated carbocycles. The Bertz CT molecular complexity index is 369. The number of benzene rings is 1. The van der Waals surface area contributed by atoms with Crippen molar-refractivity contribution in [3.63, 3.8) is 0 Å². The molecule has 0 amide bonds. The molecule has 14 heavy (non-hydrogen) atoms. The Labute approximate surface area is 82.3 Å². The first-order valence-electron chi connectivity index (χ1n) is 4.24. The fourth-order valence-corrected chi connectivity index (χ4v) is 1.18. The smallest absolute Gasteiger partial charge is 0.310 e. The Hall–Kier alpha value is -1.77. The van der Waals surface area contributed by atoms with Crippen molar-refractivity contribution >= 4 is 12.0 Å². The van der Waals surface area contributed by atoms with Crippen LogP contribution in [0.5, 0.6) is 5.75 Å². The van der Waals surface area contributed by atoms with Crippen LogP contribution >= 0.6 is 0 Å². The maximum atomic E-state index is 10.7. The molecule has 0 spiro atoms. The standard InChI is InChI=1S/C11H12O3/c1-3-8-4-5-10(12)9(6-8)7(2)11(13)14/h3-7,12H,1H2,2H3,(H,13,14). The highest BCUT2D eigenvalue weighted by atomic mass is 16.4. The van der Waals surface area contributed by atoms with Gasteiger partial charge in [-0.25, -0.2) is 0 Å². The topological polar surface area (TPSA) is 57.5 Å². The first-order chi connectivity index (χ1) is 6.56. The van der Waals surface area contributed by atoms with Gasteiger partial charge in [0.2, 0.25) is 0 Å². The molecular formula is C11H12O3. The molecule has 0 heterocycles. The first-order valence-corrected chi connectivity index (χ1v) is 4.24. The van der Waals surface area contributed by atoms with Crippen molar-refractivity contribution in [1.82, 2.24) is 0 Å². The van der Waals surface area contributed by atoms with E-state index in [0.717, 1.165) is 5.56 Å². The highest BCUT2D eigenvalue weighted by Crippen LogP contribution is 2.27. The zero-order valence-corrected chi connectivity index (χ0v) is 7.90. The third-order valence-corrected chi connectivity index (χ3v) is 2.12. The summed E-state index contributed by atoms with van der Waals surface area (Å²) >= 11 is 0. The summed E-state index contributed by atoms with van der Waals surface area (Å²) in [5, 5.41) is 18.2. The van der Waals surface area contributed by atoms with Gasteiger partial charge in [0.1, 0.15) is 5.75 Å². The lowest BCUT2D eigenvalue weighted by Gasteiger charge is -2.09. The third-order valence-electron chi connectivity index (χ3n) is 2.12. The van der Waals surface area contributed by atoms with Gasteiger partial charge in [-0.1, -0.05) is 18.7 Å². The maximum absolute atomic E-state index is 10.7. The third kappa shape index (κ3) is 1.93. The highest BCUT2D eigenvalue weighted by molar-refractivity contribution is 5.77. The molecule has 1 unspecified atom stereocenters. The van der Waals surface area contributed by atoms with Gasteiger partial charge in [-0.2, -0.15) is 0 Å². The van der Waals surface area contributed by atoms with Gasteiger partial charge in [0.05, 0.1) is 5.92 Å². The van der Waals surface area contributed by atoms with Gasteiger partial charge in [-0.15, -0.1) is 0 Å². The largest absolute Gasteiger partial charge is 0.508 e. The fraction of sp³-hybridized carbons (Fsp3) is 0.182. The fourth-order valence-electron chi connectivity index (χ4n) is 1.18. The lowest BCUT2D eigenvalue weighted by Crippen LogP contribution is -2.07. The average Bonchev–Trinajstić information content (AvgIpc) is 2.17. The van der Waals surface area contributed by atoms with Crippen molar-refractivity contribution in [1.29, 1.82) is 0 Å². The lowest BCUT2D eigenvalue weighted by atomic mass is 9.98. The van der Waals surface area contributed by atoms with Gasteiger partial charge in [0.15, 0.2) is 0 Å². The zero-order valence-electron chi connectivity index (χ0n) is 7.90. The van der Waals surface area contributed by atoms with E-state index < -0.39 is 11.9 Å². The summed E-state index contributed by atoms with van der Waals surface area (Å²) in [6, 6.07) is 4.79. The molecule has 74 valence electrons. The Morgan fingerprint density at radius 1 is 1.57 bits per heavy atom. The van der Waals surface area contributed by atoms with Gasteiger partial charge in [0, 0.05) is 5.56 Å². The lowest BCUT2D eigenvalue weighted by molar-refractivity contribution is -0.138. The summed E-state index contributed by atoms with van der Waals surface area (Å²) in [7, 11) is 0. The van der Waals surface area contributed by atoms with Gasteiger partial charge in [-0.3, -0.25) is 4.79 Å². The van der Waals surface area contributed by atoms with Crippen LogP contribution in [0.15, 0.2) is 24.8 Å². The number of aromatic hydroxyl groups is 1. The molecule has 1 rings (SSSR count). The summed E-state index contributed by atoms with van der Waals surface area (Å²) in [5.74, 6) is -1.66. The molecule has 0 saturated heterocycles. The van der Waals surface area contributed by atoms with Crippen LogP contribution in [-0.2, 0) is 4.79 Å². The Kier molecular flexibility index (Phi) is 2.92. The molecule has 0 aliphatic heterocycles. The molecule has 3 heteroatoms. The van der Waals surface area contributed by atoms with Crippen molar-refractivity contribution in [3.8, 4) is 5.75 Å². The van der Waals surface area contributed by atoms with Crippen molar-refractivity contribution in [2.24, 2.45) is 0 Å². The number of hydrogen-bond acceptors (Lipinski definition) is 2. The second-order valence-electron chi connectivity index (χ2n) is 3.08. The molecule has 1 aromatic carbocycles. The van der Waals surface area contributed by atoms with Gasteiger partial charge < -0.3 is 10.2 Å². The van der Waals surface area contributed by atoms with E-state index in [-0.39, 0.29) is 5.75 Å². The second-order valence-corrected chi connectivity index (χ2v) is 3.08. The molecule has 0 aliphatic carbocycles. The molecule has 0 radical (unpaired) electrons. The molecule has 0 aliphatic rings. The van der Waals surface area contributed by atoms with Crippen LogP contribution in [0.25, 0.3) is 6.08 Å². The Morgan fingerprint density at radius 3 is 2.71 bits per heavy atom. The minimum atomic E-state index is -0.957. The predicted molar refractivity (Wildman–Crippen MR) is 54.2 cm³/mol. The number of rotatable bonds is 3. The van der Waals surface area contributed by atoms with Crippen LogP contribution in [0.2, 0.25) is 0 Å². The van der Waals surface area contributed by atoms with E-state index in [4.69, 9.17) is 5.11 Å². The van der Waals surface area contributed by atoms with Crippen LogP contribution in [0.1, 0.15) is 24.0 Å². The number of aliphatic carboxylic acids is 1. The number of hydrogen-bond donors (Lipinski definition) is 2.